The van der Waals surface area contributed by atoms with Gasteiger partial charge >= 0.3 is 0 Å². The minimum Gasteiger partial charge on any atom is -0.264 e. The second kappa shape index (κ2) is 14.7. The molecule has 0 aliphatic rings. The first kappa shape index (κ1) is 35.6. The molecule has 12 aromatic rings. The van der Waals surface area contributed by atoms with Gasteiger partial charge in [0.05, 0.1) is 0 Å². The van der Waals surface area contributed by atoms with E-state index in [0.29, 0.717) is 17.5 Å². The fourth-order valence-electron chi connectivity index (χ4n) is 8.77. The zero-order chi connectivity index (χ0) is 41.0. The van der Waals surface area contributed by atoms with Crippen molar-refractivity contribution in [2.75, 3.05) is 0 Å². The van der Waals surface area contributed by atoms with Crippen molar-refractivity contribution in [3.05, 3.63) is 219 Å². The summed E-state index contributed by atoms with van der Waals surface area (Å²) in [6, 6.07) is 73.8. The molecule has 0 spiro atoms. The van der Waals surface area contributed by atoms with Crippen LogP contribution in [0.2, 0.25) is 0 Å². The highest BCUT2D eigenvalue weighted by Crippen LogP contribution is 2.37. The molecular formula is C58H36N4. The number of hydrogen-bond donors (Lipinski definition) is 0. The zero-order valence-electron chi connectivity index (χ0n) is 33.6. The molecule has 0 amide bonds. The molecule has 0 aliphatic heterocycles. The first-order chi connectivity index (χ1) is 30.6. The van der Waals surface area contributed by atoms with Crippen LogP contribution in [0.4, 0.5) is 0 Å². The van der Waals surface area contributed by atoms with Crippen molar-refractivity contribution in [1.82, 2.24) is 19.9 Å². The molecule has 10 aromatic carbocycles. The van der Waals surface area contributed by atoms with Crippen molar-refractivity contribution in [1.29, 1.82) is 0 Å². The molecule has 4 heteroatoms. The van der Waals surface area contributed by atoms with Crippen LogP contribution in [0, 0.1) is 0 Å². The van der Waals surface area contributed by atoms with Gasteiger partial charge < -0.3 is 0 Å². The molecule has 0 unspecified atom stereocenters. The first-order valence-electron chi connectivity index (χ1n) is 20.9. The second-order valence-electron chi connectivity index (χ2n) is 16.0. The molecule has 0 fully saturated rings. The lowest BCUT2D eigenvalue weighted by Gasteiger charge is -2.14. The third kappa shape index (κ3) is 6.61. The van der Waals surface area contributed by atoms with Gasteiger partial charge in [-0.05, 0) is 154 Å². The second-order valence-corrected chi connectivity index (χ2v) is 16.0. The van der Waals surface area contributed by atoms with Crippen LogP contribution in [0.1, 0.15) is 0 Å². The molecule has 2 heterocycles. The standard InChI is InChI=1S/C58H36N4/c1-2-9-40-28-49(24-17-37(40)8-1)57-60-56(39-18-15-38(16-19-39)50-14-7-25-59-36-50)61-58(62-57)55-34-53(47-22-20-45-26-41-10-3-5-12-43(41)29-51(45)31-47)33-54(35-55)48-23-21-46-27-42-11-4-6-13-44(42)30-52(46)32-48/h1-36H. The topological polar surface area (TPSA) is 51.6 Å². The highest BCUT2D eigenvalue weighted by molar-refractivity contribution is 6.02. The van der Waals surface area contributed by atoms with Gasteiger partial charge in [0.15, 0.2) is 17.5 Å². The van der Waals surface area contributed by atoms with Gasteiger partial charge in [-0.25, -0.2) is 15.0 Å². The van der Waals surface area contributed by atoms with Crippen LogP contribution < -0.4 is 0 Å². The molecule has 0 saturated heterocycles. The van der Waals surface area contributed by atoms with Crippen LogP contribution >= 0.6 is 0 Å². The van der Waals surface area contributed by atoms with Crippen molar-refractivity contribution in [2.45, 2.75) is 0 Å². The van der Waals surface area contributed by atoms with Crippen molar-refractivity contribution in [2.24, 2.45) is 0 Å². The van der Waals surface area contributed by atoms with Crippen LogP contribution in [0.25, 0.3) is 121 Å². The Labute approximate surface area is 358 Å². The molecule has 0 bridgehead atoms. The molecule has 0 radical (unpaired) electrons. The average Bonchev–Trinajstić information content (AvgIpc) is 3.34. The van der Waals surface area contributed by atoms with Gasteiger partial charge in [-0.2, -0.15) is 0 Å². The highest BCUT2D eigenvalue weighted by atomic mass is 15.0. The molecule has 0 saturated carbocycles. The SMILES string of the molecule is c1cncc(-c2ccc(-c3nc(-c4cc(-c5ccc6cc7ccccc7cc6c5)cc(-c5ccc6cc7ccccc7cc6c5)c4)nc(-c4ccc5ccccc5c4)n3)cc2)c1. The van der Waals surface area contributed by atoms with E-state index in [0.717, 1.165) is 55.5 Å². The van der Waals surface area contributed by atoms with Gasteiger partial charge in [0, 0.05) is 29.1 Å². The van der Waals surface area contributed by atoms with E-state index >= 15 is 0 Å². The van der Waals surface area contributed by atoms with Gasteiger partial charge in [0.1, 0.15) is 0 Å². The number of fused-ring (bicyclic) bond motifs is 5. The minimum absolute atomic E-state index is 0.608. The summed E-state index contributed by atoms with van der Waals surface area (Å²) >= 11 is 0. The van der Waals surface area contributed by atoms with Crippen LogP contribution in [0.3, 0.4) is 0 Å². The fourth-order valence-corrected chi connectivity index (χ4v) is 8.77. The summed E-state index contributed by atoms with van der Waals surface area (Å²) in [5.41, 5.74) is 9.30. The van der Waals surface area contributed by atoms with Gasteiger partial charge in [-0.1, -0.05) is 140 Å². The van der Waals surface area contributed by atoms with E-state index in [2.05, 4.69) is 205 Å². The zero-order valence-corrected chi connectivity index (χ0v) is 33.6. The van der Waals surface area contributed by atoms with Crippen LogP contribution in [0.15, 0.2) is 219 Å². The highest BCUT2D eigenvalue weighted by Gasteiger charge is 2.16. The third-order valence-electron chi connectivity index (χ3n) is 12.0. The molecule has 0 aliphatic carbocycles. The maximum absolute atomic E-state index is 5.28. The Bertz CT molecular complexity index is 3550. The van der Waals surface area contributed by atoms with E-state index in [1.807, 2.05) is 12.3 Å². The Hall–Kier alpha value is -8.34. The lowest BCUT2D eigenvalue weighted by atomic mass is 9.92. The summed E-state index contributed by atoms with van der Waals surface area (Å²) < 4.78 is 0. The number of rotatable bonds is 6. The molecule has 0 N–H and O–H groups in total. The average molecular weight is 789 g/mol. The van der Waals surface area contributed by atoms with Crippen molar-refractivity contribution in [3.63, 3.8) is 0 Å². The van der Waals surface area contributed by atoms with Gasteiger partial charge in [-0.15, -0.1) is 0 Å². The van der Waals surface area contributed by atoms with E-state index in [1.165, 1.54) is 48.5 Å². The lowest BCUT2D eigenvalue weighted by Crippen LogP contribution is -2.01. The predicted molar refractivity (Wildman–Crippen MR) is 258 cm³/mol. The molecule has 12 rings (SSSR count). The molecular weight excluding hydrogens is 753 g/mol. The first-order valence-corrected chi connectivity index (χ1v) is 20.9. The van der Waals surface area contributed by atoms with E-state index in [-0.39, 0.29) is 0 Å². The largest absolute Gasteiger partial charge is 0.264 e. The van der Waals surface area contributed by atoms with Gasteiger partial charge in [-0.3, -0.25) is 4.98 Å². The van der Waals surface area contributed by atoms with Gasteiger partial charge in [0.25, 0.3) is 0 Å². The predicted octanol–water partition coefficient (Wildman–Crippen LogP) is 15.0. The van der Waals surface area contributed by atoms with E-state index in [9.17, 15) is 0 Å². The van der Waals surface area contributed by atoms with Crippen LogP contribution in [-0.4, -0.2) is 19.9 Å². The smallest absolute Gasteiger partial charge is 0.164 e. The Kier molecular flexibility index (Phi) is 8.46. The number of nitrogens with zero attached hydrogens (tertiary/aromatic N) is 4. The Morgan fingerprint density at radius 2 is 0.597 bits per heavy atom. The Morgan fingerprint density at radius 3 is 1.15 bits per heavy atom. The summed E-state index contributed by atoms with van der Waals surface area (Å²) in [6.45, 7) is 0. The van der Waals surface area contributed by atoms with E-state index in [4.69, 9.17) is 15.0 Å². The van der Waals surface area contributed by atoms with E-state index < -0.39 is 0 Å². The minimum atomic E-state index is 0.608. The Morgan fingerprint density at radius 1 is 0.210 bits per heavy atom. The number of pyridine rings is 1. The van der Waals surface area contributed by atoms with E-state index in [1.54, 1.807) is 6.20 Å². The lowest BCUT2D eigenvalue weighted by molar-refractivity contribution is 1.07. The molecule has 0 atom stereocenters. The summed E-state index contributed by atoms with van der Waals surface area (Å²) in [7, 11) is 0. The molecule has 4 nitrogen and oxygen atoms in total. The summed E-state index contributed by atoms with van der Waals surface area (Å²) in [5, 5.41) is 12.0. The van der Waals surface area contributed by atoms with Crippen molar-refractivity contribution < 1.29 is 0 Å². The van der Waals surface area contributed by atoms with Crippen LogP contribution in [0.5, 0.6) is 0 Å². The quantitative estimate of drug-likeness (QED) is 0.158. The molecule has 288 valence electrons. The summed E-state index contributed by atoms with van der Waals surface area (Å²) in [5.74, 6) is 1.84. The Balaban J connectivity index is 1.06. The summed E-state index contributed by atoms with van der Waals surface area (Å²) in [4.78, 5) is 20.0. The van der Waals surface area contributed by atoms with Gasteiger partial charge in [0.2, 0.25) is 0 Å². The number of benzene rings is 10. The van der Waals surface area contributed by atoms with Crippen molar-refractivity contribution >= 4 is 53.9 Å². The van der Waals surface area contributed by atoms with Crippen LogP contribution in [-0.2, 0) is 0 Å². The number of hydrogen-bond acceptors (Lipinski definition) is 4. The number of aromatic nitrogens is 4. The monoisotopic (exact) mass is 788 g/mol. The van der Waals surface area contributed by atoms with Crippen molar-refractivity contribution in [3.8, 4) is 67.5 Å². The molecule has 62 heavy (non-hydrogen) atoms. The normalized spacial score (nSPS) is 11.5. The molecule has 2 aromatic heterocycles. The third-order valence-corrected chi connectivity index (χ3v) is 12.0. The maximum atomic E-state index is 5.28. The maximum Gasteiger partial charge on any atom is 0.164 e. The fraction of sp³-hybridized carbons (Fsp3) is 0. The summed E-state index contributed by atoms with van der Waals surface area (Å²) in [6.07, 6.45) is 3.68.